The van der Waals surface area contributed by atoms with Crippen LogP contribution >= 0.6 is 23.2 Å². The summed E-state index contributed by atoms with van der Waals surface area (Å²) in [5.74, 6) is -0.528. The zero-order valence-electron chi connectivity index (χ0n) is 8.82. The summed E-state index contributed by atoms with van der Waals surface area (Å²) in [6.07, 6.45) is 4.68. The van der Waals surface area contributed by atoms with Crippen molar-refractivity contribution in [1.82, 2.24) is 0 Å². The smallest absolute Gasteiger partial charge is 0.342 e. The minimum Gasteiger partial charge on any atom is -0.464 e. The van der Waals surface area contributed by atoms with Crippen molar-refractivity contribution >= 4 is 29.2 Å². The van der Waals surface area contributed by atoms with Gasteiger partial charge in [-0.3, -0.25) is 0 Å². The Hall–Kier alpha value is 0.0500. The molecule has 0 spiro atoms. The predicted molar refractivity (Wildman–Crippen MR) is 59.8 cm³/mol. The first-order valence-electron chi connectivity index (χ1n) is 5.09. The molecule has 0 aliphatic carbocycles. The highest BCUT2D eigenvalue weighted by molar-refractivity contribution is 6.57. The molecule has 0 saturated heterocycles. The van der Waals surface area contributed by atoms with Crippen LogP contribution in [0.3, 0.4) is 0 Å². The molecule has 0 N–H and O–H groups in total. The van der Waals surface area contributed by atoms with Gasteiger partial charge in [0.1, 0.15) is 0 Å². The number of ether oxygens (including phenoxy) is 1. The summed E-state index contributed by atoms with van der Waals surface area (Å²) in [7, 11) is 0. The average molecular weight is 241 g/mol. The minimum atomic E-state index is -1.36. The Bertz CT molecular complexity index is 170. The maximum atomic E-state index is 11.2. The van der Waals surface area contributed by atoms with Gasteiger partial charge in [-0.05, 0) is 19.8 Å². The second-order valence-electron chi connectivity index (χ2n) is 3.24. The van der Waals surface area contributed by atoms with Gasteiger partial charge in [-0.2, -0.15) is 0 Å². The van der Waals surface area contributed by atoms with Gasteiger partial charge < -0.3 is 4.74 Å². The maximum Gasteiger partial charge on any atom is 0.342 e. The van der Waals surface area contributed by atoms with E-state index in [0.29, 0.717) is 13.0 Å². The summed E-state index contributed by atoms with van der Waals surface area (Å²) in [5, 5.41) is 0. The zero-order valence-corrected chi connectivity index (χ0v) is 10.3. The molecule has 0 rings (SSSR count). The van der Waals surface area contributed by atoms with Crippen LogP contribution in [0.15, 0.2) is 0 Å². The summed E-state index contributed by atoms with van der Waals surface area (Å²) in [4.78, 5) is 11.2. The van der Waals surface area contributed by atoms with Crippen molar-refractivity contribution in [3.63, 3.8) is 0 Å². The molecule has 0 heterocycles. The van der Waals surface area contributed by atoms with E-state index in [1.54, 1.807) is 6.92 Å². The zero-order chi connectivity index (χ0) is 11.0. The van der Waals surface area contributed by atoms with Crippen molar-refractivity contribution < 1.29 is 9.53 Å². The van der Waals surface area contributed by atoms with Gasteiger partial charge in [0.05, 0.1) is 6.61 Å². The highest BCUT2D eigenvalue weighted by Gasteiger charge is 2.34. The molecule has 0 amide bonds. The molecule has 84 valence electrons. The Morgan fingerprint density at radius 1 is 1.21 bits per heavy atom. The molecule has 0 aromatic rings. The van der Waals surface area contributed by atoms with Crippen LogP contribution < -0.4 is 0 Å². The van der Waals surface area contributed by atoms with Gasteiger partial charge in [0.2, 0.25) is 4.33 Å². The number of carbonyl (C=O) groups excluding carboxylic acids is 1. The molecule has 0 aliphatic rings. The molecule has 0 aromatic heterocycles. The molecule has 0 fully saturated rings. The quantitative estimate of drug-likeness (QED) is 0.386. The largest absolute Gasteiger partial charge is 0.464 e. The Balaban J connectivity index is 3.76. The van der Waals surface area contributed by atoms with Gasteiger partial charge >= 0.3 is 5.97 Å². The number of hydrogen-bond acceptors (Lipinski definition) is 2. The lowest BCUT2D eigenvalue weighted by atomic mass is 10.1. The molecule has 0 unspecified atom stereocenters. The topological polar surface area (TPSA) is 26.3 Å². The molecule has 0 atom stereocenters. The summed E-state index contributed by atoms with van der Waals surface area (Å²) >= 11 is 11.7. The van der Waals surface area contributed by atoms with Crippen LogP contribution in [0.25, 0.3) is 0 Å². The van der Waals surface area contributed by atoms with Crippen LogP contribution in [-0.2, 0) is 9.53 Å². The molecule has 0 radical (unpaired) electrons. The standard InChI is InChI=1S/C10H18Cl2O2/c1-3-5-6-7-8-10(11,12)9(13)14-4-2/h3-8H2,1-2H3. The van der Waals surface area contributed by atoms with Crippen molar-refractivity contribution in [2.45, 2.75) is 50.3 Å². The fourth-order valence-electron chi connectivity index (χ4n) is 1.11. The van der Waals surface area contributed by atoms with E-state index in [0.717, 1.165) is 25.7 Å². The third-order valence-electron chi connectivity index (χ3n) is 1.92. The molecule has 0 aromatic carbocycles. The molecule has 14 heavy (non-hydrogen) atoms. The molecule has 4 heteroatoms. The summed E-state index contributed by atoms with van der Waals surface area (Å²) in [5.41, 5.74) is 0. The van der Waals surface area contributed by atoms with E-state index < -0.39 is 10.3 Å². The van der Waals surface area contributed by atoms with Crippen molar-refractivity contribution in [2.24, 2.45) is 0 Å². The van der Waals surface area contributed by atoms with E-state index >= 15 is 0 Å². The van der Waals surface area contributed by atoms with Crippen LogP contribution in [0.2, 0.25) is 0 Å². The third-order valence-corrected chi connectivity index (χ3v) is 2.60. The monoisotopic (exact) mass is 240 g/mol. The van der Waals surface area contributed by atoms with Crippen LogP contribution in [-0.4, -0.2) is 16.9 Å². The molecule has 0 aliphatic heterocycles. The van der Waals surface area contributed by atoms with Crippen LogP contribution in [0.1, 0.15) is 46.0 Å². The molecular weight excluding hydrogens is 223 g/mol. The second-order valence-corrected chi connectivity index (χ2v) is 4.72. The van der Waals surface area contributed by atoms with E-state index in [1.807, 2.05) is 0 Å². The number of halogens is 2. The SMILES string of the molecule is CCCCCCC(Cl)(Cl)C(=O)OCC. The molecule has 0 bridgehead atoms. The van der Waals surface area contributed by atoms with Crippen molar-refractivity contribution in [3.05, 3.63) is 0 Å². The van der Waals surface area contributed by atoms with Gasteiger partial charge in [0, 0.05) is 0 Å². The van der Waals surface area contributed by atoms with Crippen molar-refractivity contribution in [1.29, 1.82) is 0 Å². The lowest BCUT2D eigenvalue weighted by Crippen LogP contribution is -2.28. The first-order chi connectivity index (χ1) is 6.54. The van der Waals surface area contributed by atoms with Crippen molar-refractivity contribution in [2.75, 3.05) is 6.61 Å². The molecule has 0 saturated carbocycles. The highest BCUT2D eigenvalue weighted by atomic mass is 35.5. The van der Waals surface area contributed by atoms with E-state index in [1.165, 1.54) is 0 Å². The van der Waals surface area contributed by atoms with Gasteiger partial charge in [-0.25, -0.2) is 4.79 Å². The van der Waals surface area contributed by atoms with E-state index in [9.17, 15) is 4.79 Å². The van der Waals surface area contributed by atoms with E-state index in [4.69, 9.17) is 27.9 Å². The van der Waals surface area contributed by atoms with Crippen LogP contribution in [0.5, 0.6) is 0 Å². The minimum absolute atomic E-state index is 0.314. The Morgan fingerprint density at radius 3 is 2.36 bits per heavy atom. The first-order valence-corrected chi connectivity index (χ1v) is 5.85. The predicted octanol–water partition coefficient (Wildman–Crippen LogP) is 3.69. The Labute approximate surface area is 95.9 Å². The Morgan fingerprint density at radius 2 is 1.86 bits per heavy atom. The fraction of sp³-hybridized carbons (Fsp3) is 0.900. The maximum absolute atomic E-state index is 11.2. The van der Waals surface area contributed by atoms with Gasteiger partial charge in [-0.15, -0.1) is 0 Å². The fourth-order valence-corrected chi connectivity index (χ4v) is 1.49. The van der Waals surface area contributed by atoms with Gasteiger partial charge in [0.25, 0.3) is 0 Å². The second kappa shape index (κ2) is 7.36. The number of hydrogen-bond donors (Lipinski definition) is 0. The van der Waals surface area contributed by atoms with Crippen LogP contribution in [0.4, 0.5) is 0 Å². The van der Waals surface area contributed by atoms with Crippen molar-refractivity contribution in [3.8, 4) is 0 Å². The lowest BCUT2D eigenvalue weighted by molar-refractivity contribution is -0.144. The molecule has 2 nitrogen and oxygen atoms in total. The summed E-state index contributed by atoms with van der Waals surface area (Å²) in [6.45, 7) is 4.17. The third kappa shape index (κ3) is 5.71. The summed E-state index contributed by atoms with van der Waals surface area (Å²) in [6, 6.07) is 0. The lowest BCUT2D eigenvalue weighted by Gasteiger charge is -2.16. The Kier molecular flexibility index (Phi) is 7.38. The average Bonchev–Trinajstić information content (AvgIpc) is 2.13. The van der Waals surface area contributed by atoms with Crippen LogP contribution in [0, 0.1) is 0 Å². The molecular formula is C10H18Cl2O2. The van der Waals surface area contributed by atoms with Gasteiger partial charge in [-0.1, -0.05) is 49.4 Å². The number of rotatable bonds is 7. The number of carbonyl (C=O) groups is 1. The van der Waals surface area contributed by atoms with Gasteiger partial charge in [0.15, 0.2) is 0 Å². The number of esters is 1. The first kappa shape index (κ1) is 14.1. The van der Waals surface area contributed by atoms with E-state index in [2.05, 4.69) is 6.92 Å². The number of unbranched alkanes of at least 4 members (excludes halogenated alkanes) is 3. The number of alkyl halides is 2. The van der Waals surface area contributed by atoms with E-state index in [-0.39, 0.29) is 0 Å². The highest BCUT2D eigenvalue weighted by Crippen LogP contribution is 2.29. The normalized spacial score (nSPS) is 11.4. The summed E-state index contributed by atoms with van der Waals surface area (Å²) < 4.78 is 3.40.